The van der Waals surface area contributed by atoms with Crippen LogP contribution in [0.5, 0.6) is 5.75 Å². The molecule has 2 N–H and O–H groups in total. The predicted octanol–water partition coefficient (Wildman–Crippen LogP) is 1.78. The minimum absolute atomic E-state index is 0.343. The molecule has 2 amide bonds. The highest BCUT2D eigenvalue weighted by molar-refractivity contribution is 6.03. The van der Waals surface area contributed by atoms with Crippen LogP contribution in [0.1, 0.15) is 27.7 Å². The third kappa shape index (κ3) is 4.62. The Morgan fingerprint density at radius 3 is 2.56 bits per heavy atom. The van der Waals surface area contributed by atoms with E-state index in [4.69, 9.17) is 14.6 Å². The van der Waals surface area contributed by atoms with Crippen molar-refractivity contribution in [1.82, 2.24) is 5.32 Å². The predicted molar refractivity (Wildman–Crippen MR) is 89.7 cm³/mol. The molecule has 0 aromatic heterocycles. The molecule has 0 saturated carbocycles. The molecule has 2 atom stereocenters. The summed E-state index contributed by atoms with van der Waals surface area (Å²) < 4.78 is 10.9. The van der Waals surface area contributed by atoms with Crippen molar-refractivity contribution >= 4 is 23.7 Å². The molecular formula is C17H22N2O6. The number of hydrogen-bond acceptors (Lipinski definition) is 5. The molecule has 0 saturated heterocycles. The number of nitrogens with zero attached hydrogens (tertiary/aromatic N) is 1. The maximum absolute atomic E-state index is 12.9. The van der Waals surface area contributed by atoms with Crippen molar-refractivity contribution in [2.75, 3.05) is 11.4 Å². The molecule has 8 heteroatoms. The Kier molecular flexibility index (Phi) is 5.20. The van der Waals surface area contributed by atoms with Gasteiger partial charge in [-0.25, -0.2) is 4.79 Å². The summed E-state index contributed by atoms with van der Waals surface area (Å²) in [5.74, 6) is -1.38. The van der Waals surface area contributed by atoms with Crippen LogP contribution in [-0.4, -0.2) is 47.4 Å². The summed E-state index contributed by atoms with van der Waals surface area (Å²) in [7, 11) is 0. The molecule has 2 rings (SSSR count). The number of carbonyl (C=O) groups is 3. The molecule has 1 heterocycles. The van der Waals surface area contributed by atoms with Gasteiger partial charge in [0, 0.05) is 0 Å². The number of carboxylic acids is 1. The normalized spacial score (nSPS) is 20.2. The molecule has 8 nitrogen and oxygen atoms in total. The molecule has 2 unspecified atom stereocenters. The fourth-order valence-electron chi connectivity index (χ4n) is 2.45. The van der Waals surface area contributed by atoms with Crippen molar-refractivity contribution in [2.24, 2.45) is 0 Å². The number of nitrogens with one attached hydrogen (secondary N) is 1. The summed E-state index contributed by atoms with van der Waals surface area (Å²) in [6.07, 6.45) is -1.48. The number of para-hydroxylation sites is 2. The Bertz CT molecular complexity index is 682. The standard InChI is InChI=1S/C17H22N2O6/c1-10-14(18-16(23)25-17(2,3)4)15(22)19(9-13(20)21)11-7-5-6-8-12(11)24-10/h5-8,10,14H,9H2,1-4H3,(H,18,23)(H,20,21). The minimum Gasteiger partial charge on any atom is -0.486 e. The van der Waals surface area contributed by atoms with E-state index >= 15 is 0 Å². The topological polar surface area (TPSA) is 105 Å². The Morgan fingerprint density at radius 1 is 1.32 bits per heavy atom. The molecule has 0 radical (unpaired) electrons. The summed E-state index contributed by atoms with van der Waals surface area (Å²) in [5, 5.41) is 11.6. The van der Waals surface area contributed by atoms with E-state index in [1.807, 2.05) is 0 Å². The van der Waals surface area contributed by atoms with Gasteiger partial charge in [-0.1, -0.05) is 12.1 Å². The van der Waals surface area contributed by atoms with Crippen molar-refractivity contribution in [1.29, 1.82) is 0 Å². The first kappa shape index (κ1) is 18.6. The average Bonchev–Trinajstić information content (AvgIpc) is 2.56. The van der Waals surface area contributed by atoms with E-state index < -0.39 is 42.3 Å². The van der Waals surface area contributed by atoms with Crippen LogP contribution in [-0.2, 0) is 14.3 Å². The second-order valence-corrected chi connectivity index (χ2v) is 6.73. The lowest BCUT2D eigenvalue weighted by Gasteiger charge is -2.27. The van der Waals surface area contributed by atoms with Crippen molar-refractivity contribution in [2.45, 2.75) is 45.4 Å². The lowest BCUT2D eigenvalue weighted by atomic mass is 10.1. The number of ether oxygens (including phenoxy) is 2. The monoisotopic (exact) mass is 350 g/mol. The van der Waals surface area contributed by atoms with Gasteiger partial charge >= 0.3 is 12.1 Å². The molecule has 136 valence electrons. The van der Waals surface area contributed by atoms with Crippen LogP contribution in [0.2, 0.25) is 0 Å². The lowest BCUT2D eigenvalue weighted by Crippen LogP contribution is -2.55. The number of amides is 2. The molecule has 0 fully saturated rings. The zero-order chi connectivity index (χ0) is 18.8. The van der Waals surface area contributed by atoms with E-state index in [1.54, 1.807) is 52.0 Å². The average molecular weight is 350 g/mol. The quantitative estimate of drug-likeness (QED) is 0.861. The zero-order valence-electron chi connectivity index (χ0n) is 14.6. The fraction of sp³-hybridized carbons (Fsp3) is 0.471. The van der Waals surface area contributed by atoms with E-state index in [0.717, 1.165) is 4.90 Å². The Balaban J connectivity index is 2.32. The number of alkyl carbamates (subject to hydrolysis) is 1. The number of rotatable bonds is 3. The first-order chi connectivity index (χ1) is 11.6. The van der Waals surface area contributed by atoms with E-state index in [0.29, 0.717) is 11.4 Å². The lowest BCUT2D eigenvalue weighted by molar-refractivity contribution is -0.137. The van der Waals surface area contributed by atoms with Gasteiger partial charge in [-0.2, -0.15) is 0 Å². The summed E-state index contributed by atoms with van der Waals surface area (Å²) in [5.41, 5.74) is -0.388. The van der Waals surface area contributed by atoms with Gasteiger partial charge in [-0.3, -0.25) is 14.5 Å². The second-order valence-electron chi connectivity index (χ2n) is 6.73. The third-order valence-electron chi connectivity index (χ3n) is 3.44. The fourth-order valence-corrected chi connectivity index (χ4v) is 2.45. The van der Waals surface area contributed by atoms with Gasteiger partial charge in [0.05, 0.1) is 5.69 Å². The molecule has 0 spiro atoms. The molecule has 1 aliphatic heterocycles. The number of aliphatic carboxylic acids is 1. The minimum atomic E-state index is -1.17. The highest BCUT2D eigenvalue weighted by Crippen LogP contribution is 2.32. The summed E-state index contributed by atoms with van der Waals surface area (Å²) in [4.78, 5) is 37.2. The maximum Gasteiger partial charge on any atom is 0.408 e. The van der Waals surface area contributed by atoms with Crippen LogP contribution in [0.3, 0.4) is 0 Å². The molecule has 1 aromatic carbocycles. The Labute approximate surface area is 145 Å². The van der Waals surface area contributed by atoms with E-state index in [2.05, 4.69) is 5.32 Å². The van der Waals surface area contributed by atoms with Crippen LogP contribution in [0, 0.1) is 0 Å². The number of carbonyl (C=O) groups excluding carboxylic acids is 2. The van der Waals surface area contributed by atoms with E-state index in [1.165, 1.54) is 0 Å². The van der Waals surface area contributed by atoms with E-state index in [9.17, 15) is 14.4 Å². The molecule has 0 bridgehead atoms. The van der Waals surface area contributed by atoms with Gasteiger partial charge in [0.15, 0.2) is 0 Å². The van der Waals surface area contributed by atoms with Gasteiger partial charge < -0.3 is 19.9 Å². The molecular weight excluding hydrogens is 328 g/mol. The van der Waals surface area contributed by atoms with Gasteiger partial charge in [0.2, 0.25) is 0 Å². The van der Waals surface area contributed by atoms with Crippen LogP contribution < -0.4 is 15.0 Å². The maximum atomic E-state index is 12.9. The summed E-state index contributed by atoms with van der Waals surface area (Å²) in [6.45, 7) is 6.19. The van der Waals surface area contributed by atoms with Gasteiger partial charge in [0.25, 0.3) is 5.91 Å². The summed E-state index contributed by atoms with van der Waals surface area (Å²) >= 11 is 0. The van der Waals surface area contributed by atoms with Gasteiger partial charge in [-0.05, 0) is 39.8 Å². The smallest absolute Gasteiger partial charge is 0.408 e. The van der Waals surface area contributed by atoms with Crippen LogP contribution >= 0.6 is 0 Å². The largest absolute Gasteiger partial charge is 0.486 e. The van der Waals surface area contributed by atoms with Crippen LogP contribution in [0.25, 0.3) is 0 Å². The van der Waals surface area contributed by atoms with Crippen molar-refractivity contribution in [3.8, 4) is 5.75 Å². The molecule has 25 heavy (non-hydrogen) atoms. The molecule has 1 aliphatic rings. The van der Waals surface area contributed by atoms with Crippen molar-refractivity contribution < 1.29 is 29.0 Å². The first-order valence-electron chi connectivity index (χ1n) is 7.87. The Hall–Kier alpha value is -2.77. The molecule has 1 aromatic rings. The van der Waals surface area contributed by atoms with Crippen LogP contribution in [0.4, 0.5) is 10.5 Å². The number of carboxylic acid groups (broad SMARTS) is 1. The molecule has 0 aliphatic carbocycles. The highest BCUT2D eigenvalue weighted by atomic mass is 16.6. The number of hydrogen-bond donors (Lipinski definition) is 2. The van der Waals surface area contributed by atoms with Crippen molar-refractivity contribution in [3.63, 3.8) is 0 Å². The number of fused-ring (bicyclic) bond motifs is 1. The van der Waals surface area contributed by atoms with E-state index in [-0.39, 0.29) is 0 Å². The van der Waals surface area contributed by atoms with Crippen LogP contribution in [0.15, 0.2) is 24.3 Å². The second kappa shape index (κ2) is 7.00. The van der Waals surface area contributed by atoms with Crippen molar-refractivity contribution in [3.05, 3.63) is 24.3 Å². The highest BCUT2D eigenvalue weighted by Gasteiger charge is 2.38. The first-order valence-corrected chi connectivity index (χ1v) is 7.87. The number of benzene rings is 1. The zero-order valence-corrected chi connectivity index (χ0v) is 14.6. The SMILES string of the molecule is CC1Oc2ccccc2N(CC(=O)O)C(=O)C1NC(=O)OC(C)(C)C. The Morgan fingerprint density at radius 2 is 1.96 bits per heavy atom. The number of anilines is 1. The third-order valence-corrected chi connectivity index (χ3v) is 3.44. The summed E-state index contributed by atoms with van der Waals surface area (Å²) in [6, 6.07) is 5.55. The van der Waals surface area contributed by atoms with Gasteiger partial charge in [0.1, 0.15) is 30.0 Å². The van der Waals surface area contributed by atoms with Gasteiger partial charge in [-0.15, -0.1) is 0 Å².